The van der Waals surface area contributed by atoms with E-state index >= 15 is 0 Å². The van der Waals surface area contributed by atoms with Gasteiger partial charge in [0.05, 0.1) is 33.0 Å². The maximum Gasteiger partial charge on any atom is 0.330 e. The van der Waals surface area contributed by atoms with Gasteiger partial charge in [0.1, 0.15) is 11.9 Å². The van der Waals surface area contributed by atoms with E-state index in [0.29, 0.717) is 19.8 Å². The molecule has 140 valence electrons. The van der Waals surface area contributed by atoms with E-state index in [1.165, 1.54) is 19.3 Å². The zero-order chi connectivity index (χ0) is 18.7. The first-order valence-electron chi connectivity index (χ1n) is 8.28. The molecule has 0 spiro atoms. The minimum atomic E-state index is -0.799. The molecule has 25 heavy (non-hydrogen) atoms. The average Bonchev–Trinajstić information content (AvgIpc) is 2.62. The molecule has 1 aromatic carbocycles. The average molecular weight is 352 g/mol. The van der Waals surface area contributed by atoms with Gasteiger partial charge in [-0.1, -0.05) is 19.1 Å². The molecule has 1 rings (SSSR count). The molecule has 1 N–H and O–H groups in total. The first-order valence-corrected chi connectivity index (χ1v) is 8.28. The van der Waals surface area contributed by atoms with Gasteiger partial charge in [-0.05, 0) is 30.7 Å². The molecule has 0 heterocycles. The molecule has 0 radical (unpaired) electrons. The maximum atomic E-state index is 11.4. The topological polar surface area (TPSA) is 74.2 Å². The number of esters is 1. The lowest BCUT2D eigenvalue weighted by molar-refractivity contribution is -0.137. The van der Waals surface area contributed by atoms with Crippen molar-refractivity contribution < 1.29 is 28.8 Å². The summed E-state index contributed by atoms with van der Waals surface area (Å²) in [6.07, 6.45) is 1.37. The third-order valence-corrected chi connectivity index (χ3v) is 3.71. The summed E-state index contributed by atoms with van der Waals surface area (Å²) in [7, 11) is 3.10. The van der Waals surface area contributed by atoms with Crippen molar-refractivity contribution in [3.8, 4) is 5.75 Å². The van der Waals surface area contributed by atoms with Gasteiger partial charge in [-0.2, -0.15) is 0 Å². The third kappa shape index (κ3) is 7.69. The maximum absolute atomic E-state index is 11.4. The summed E-state index contributed by atoms with van der Waals surface area (Å²) in [6.45, 7) is 4.70. The van der Waals surface area contributed by atoms with Crippen LogP contribution in [0.1, 0.15) is 19.4 Å². The highest BCUT2D eigenvalue weighted by Gasteiger charge is 2.23. The number of aliphatic hydroxyl groups excluding tert-OH is 1. The van der Waals surface area contributed by atoms with Crippen LogP contribution < -0.4 is 4.74 Å². The zero-order valence-electron chi connectivity index (χ0n) is 15.3. The molecule has 0 aliphatic heterocycles. The highest BCUT2D eigenvalue weighted by Crippen LogP contribution is 2.15. The second-order valence-electron chi connectivity index (χ2n) is 5.64. The fourth-order valence-corrected chi connectivity index (χ4v) is 2.20. The summed E-state index contributed by atoms with van der Waals surface area (Å²) in [5, 5.41) is 10.4. The summed E-state index contributed by atoms with van der Waals surface area (Å²) in [5.41, 5.74) is 1.02. The Morgan fingerprint density at radius 2 is 1.92 bits per heavy atom. The lowest BCUT2D eigenvalue weighted by Gasteiger charge is -2.24. The minimum Gasteiger partial charge on any atom is -0.497 e. The molecule has 0 fully saturated rings. The Balaban J connectivity index is 2.44. The van der Waals surface area contributed by atoms with Gasteiger partial charge in [-0.25, -0.2) is 4.79 Å². The van der Waals surface area contributed by atoms with Gasteiger partial charge in [-0.3, -0.25) is 0 Å². The number of benzene rings is 1. The molecular weight excluding hydrogens is 324 g/mol. The van der Waals surface area contributed by atoms with E-state index in [2.05, 4.69) is 0 Å². The van der Waals surface area contributed by atoms with Crippen molar-refractivity contribution in [1.29, 1.82) is 0 Å². The number of carbonyl (C=O) groups is 1. The largest absolute Gasteiger partial charge is 0.497 e. The summed E-state index contributed by atoms with van der Waals surface area (Å²) in [5.74, 6) is 0.166. The molecule has 0 saturated carbocycles. The van der Waals surface area contributed by atoms with Gasteiger partial charge in [0.25, 0.3) is 0 Å². The number of rotatable bonds is 11. The molecule has 0 aliphatic rings. The zero-order valence-corrected chi connectivity index (χ0v) is 15.3. The Morgan fingerprint density at radius 3 is 2.48 bits per heavy atom. The van der Waals surface area contributed by atoms with Crippen LogP contribution in [0.15, 0.2) is 36.4 Å². The van der Waals surface area contributed by atoms with Crippen molar-refractivity contribution in [2.75, 3.05) is 27.4 Å². The number of hydrogen-bond donors (Lipinski definition) is 1. The molecule has 0 aliphatic carbocycles. The van der Waals surface area contributed by atoms with Crippen LogP contribution in [-0.4, -0.2) is 50.7 Å². The Labute approximate surface area is 149 Å². The minimum absolute atomic E-state index is 0.171. The Hall–Kier alpha value is -1.89. The van der Waals surface area contributed by atoms with Gasteiger partial charge in [0.2, 0.25) is 0 Å². The van der Waals surface area contributed by atoms with Crippen molar-refractivity contribution in [2.24, 2.45) is 5.92 Å². The molecule has 0 amide bonds. The monoisotopic (exact) mass is 352 g/mol. The highest BCUT2D eigenvalue weighted by atomic mass is 16.5. The van der Waals surface area contributed by atoms with Crippen LogP contribution in [0.2, 0.25) is 0 Å². The molecule has 3 atom stereocenters. The SMILES string of the molecule is CCOC(=O)/C=C/[C@H](OC)[C@@H](O)[C@H](C)COCc1ccc(OC)cc1. The van der Waals surface area contributed by atoms with Gasteiger partial charge in [-0.15, -0.1) is 0 Å². The summed E-state index contributed by atoms with van der Waals surface area (Å²) >= 11 is 0. The van der Waals surface area contributed by atoms with Crippen LogP contribution in [-0.2, 0) is 25.6 Å². The smallest absolute Gasteiger partial charge is 0.330 e. The van der Waals surface area contributed by atoms with Crippen molar-refractivity contribution in [2.45, 2.75) is 32.7 Å². The molecule has 0 saturated heterocycles. The molecule has 0 bridgehead atoms. The molecule has 6 heteroatoms. The number of aliphatic hydroxyl groups is 1. The van der Waals surface area contributed by atoms with E-state index in [1.807, 2.05) is 31.2 Å². The van der Waals surface area contributed by atoms with Crippen LogP contribution in [0.4, 0.5) is 0 Å². The van der Waals surface area contributed by atoms with Crippen LogP contribution in [0.25, 0.3) is 0 Å². The summed E-state index contributed by atoms with van der Waals surface area (Å²) < 4.78 is 20.8. The second-order valence-corrected chi connectivity index (χ2v) is 5.64. The van der Waals surface area contributed by atoms with Gasteiger partial charge >= 0.3 is 5.97 Å². The van der Waals surface area contributed by atoms with Gasteiger partial charge in [0, 0.05) is 19.1 Å². The van der Waals surface area contributed by atoms with Crippen molar-refractivity contribution >= 4 is 5.97 Å². The number of methoxy groups -OCH3 is 2. The summed E-state index contributed by atoms with van der Waals surface area (Å²) in [4.78, 5) is 11.4. The third-order valence-electron chi connectivity index (χ3n) is 3.71. The van der Waals surface area contributed by atoms with Crippen LogP contribution >= 0.6 is 0 Å². The van der Waals surface area contributed by atoms with Crippen molar-refractivity contribution in [3.05, 3.63) is 42.0 Å². The highest BCUT2D eigenvalue weighted by molar-refractivity contribution is 5.81. The Kier molecular flexibility index (Phi) is 9.84. The molecule has 6 nitrogen and oxygen atoms in total. The Bertz CT molecular complexity index is 525. The fourth-order valence-electron chi connectivity index (χ4n) is 2.20. The van der Waals surface area contributed by atoms with Crippen LogP contribution in [0, 0.1) is 5.92 Å². The van der Waals surface area contributed by atoms with E-state index in [4.69, 9.17) is 18.9 Å². The predicted octanol–water partition coefficient (Wildman–Crippen LogP) is 2.34. The number of hydrogen-bond acceptors (Lipinski definition) is 6. The van der Waals surface area contributed by atoms with E-state index in [9.17, 15) is 9.90 Å². The van der Waals surface area contributed by atoms with Crippen LogP contribution in [0.3, 0.4) is 0 Å². The van der Waals surface area contributed by atoms with E-state index in [-0.39, 0.29) is 5.92 Å². The van der Waals surface area contributed by atoms with Crippen molar-refractivity contribution in [1.82, 2.24) is 0 Å². The first kappa shape index (κ1) is 21.2. The Morgan fingerprint density at radius 1 is 1.24 bits per heavy atom. The van der Waals surface area contributed by atoms with Crippen LogP contribution in [0.5, 0.6) is 5.75 Å². The molecular formula is C19H28O6. The first-order chi connectivity index (χ1) is 12.0. The van der Waals surface area contributed by atoms with Gasteiger partial charge < -0.3 is 24.1 Å². The normalized spacial score (nSPS) is 14.9. The second kappa shape index (κ2) is 11.6. The number of carbonyl (C=O) groups excluding carboxylic acids is 1. The number of ether oxygens (including phenoxy) is 4. The lowest BCUT2D eigenvalue weighted by atomic mass is 10.00. The molecule has 0 aromatic heterocycles. The standard InChI is InChI=1S/C19H28O6/c1-5-25-18(20)11-10-17(23-4)19(21)14(2)12-24-13-15-6-8-16(22-3)9-7-15/h6-11,14,17,19,21H,5,12-13H2,1-4H3/b11-10+/t14-,17+,19+/m1/s1. The van der Waals surface area contributed by atoms with E-state index in [0.717, 1.165) is 11.3 Å². The van der Waals surface area contributed by atoms with Gasteiger partial charge in [0.15, 0.2) is 0 Å². The fraction of sp³-hybridized carbons (Fsp3) is 0.526. The predicted molar refractivity (Wildman–Crippen MR) is 94.4 cm³/mol. The lowest BCUT2D eigenvalue weighted by Crippen LogP contribution is -2.34. The van der Waals surface area contributed by atoms with Crippen molar-refractivity contribution in [3.63, 3.8) is 0 Å². The van der Waals surface area contributed by atoms with E-state index < -0.39 is 18.2 Å². The van der Waals surface area contributed by atoms with E-state index in [1.54, 1.807) is 14.0 Å². The molecule has 1 aromatic rings. The quantitative estimate of drug-likeness (QED) is 0.487. The molecule has 0 unspecified atom stereocenters. The summed E-state index contributed by atoms with van der Waals surface area (Å²) in [6, 6.07) is 7.61.